The molecule has 0 aliphatic heterocycles. The van der Waals surface area contributed by atoms with Crippen molar-refractivity contribution >= 4 is 27.1 Å². The van der Waals surface area contributed by atoms with Crippen LogP contribution in [0.25, 0.3) is 0 Å². The lowest BCUT2D eigenvalue weighted by atomic mass is 10.1. The van der Waals surface area contributed by atoms with Crippen LogP contribution in [0.1, 0.15) is 10.4 Å². The zero-order chi connectivity index (χ0) is 14.8. The highest BCUT2D eigenvalue weighted by molar-refractivity contribution is 7.91. The number of nitro benzene ring substituents is 1. The Balaban J connectivity index is 3.76. The second-order valence-corrected chi connectivity index (χ2v) is 5.54. The zero-order valence-electron chi connectivity index (χ0n) is 9.70. The molecule has 1 aromatic rings. The first-order chi connectivity index (χ1) is 8.72. The minimum absolute atomic E-state index is 0.384. The largest absolute Gasteiger partial charge is 0.392 e. The van der Waals surface area contributed by atoms with Crippen LogP contribution in [0, 0.1) is 10.1 Å². The van der Waals surface area contributed by atoms with E-state index in [1.165, 1.54) is 0 Å². The first kappa shape index (κ1) is 14.6. The van der Waals surface area contributed by atoms with Crippen LogP contribution < -0.4 is 11.5 Å². The molecule has 0 atom stereocenters. The van der Waals surface area contributed by atoms with E-state index in [0.717, 1.165) is 18.2 Å². The molecular weight excluding hydrogens is 274 g/mol. The molecular formula is C10H11N3O5S. The van der Waals surface area contributed by atoms with Gasteiger partial charge in [0.05, 0.1) is 16.2 Å². The summed E-state index contributed by atoms with van der Waals surface area (Å²) in [6.07, 6.45) is 1.08. The Labute approximate surface area is 108 Å². The van der Waals surface area contributed by atoms with Gasteiger partial charge in [0.25, 0.3) is 5.69 Å². The maximum Gasteiger partial charge on any atom is 0.293 e. The summed E-state index contributed by atoms with van der Waals surface area (Å²) in [7, 11) is -4.02. The van der Waals surface area contributed by atoms with Gasteiger partial charge < -0.3 is 11.5 Å². The van der Waals surface area contributed by atoms with Gasteiger partial charge in [-0.15, -0.1) is 6.58 Å². The van der Waals surface area contributed by atoms with E-state index in [4.69, 9.17) is 11.5 Å². The van der Waals surface area contributed by atoms with Crippen LogP contribution >= 0.6 is 0 Å². The summed E-state index contributed by atoms with van der Waals surface area (Å²) in [6, 6.07) is 1.90. The number of carbonyl (C=O) groups is 1. The number of nitrogen functional groups attached to an aromatic ring is 1. The van der Waals surface area contributed by atoms with Gasteiger partial charge in [-0.25, -0.2) is 8.42 Å². The minimum Gasteiger partial charge on any atom is -0.392 e. The third-order valence-electron chi connectivity index (χ3n) is 2.28. The lowest BCUT2D eigenvalue weighted by molar-refractivity contribution is -0.384. The average Bonchev–Trinajstić information content (AvgIpc) is 2.27. The molecule has 8 nitrogen and oxygen atoms in total. The monoisotopic (exact) mass is 285 g/mol. The summed E-state index contributed by atoms with van der Waals surface area (Å²) < 4.78 is 23.9. The Kier molecular flexibility index (Phi) is 3.90. The van der Waals surface area contributed by atoms with Crippen LogP contribution in [-0.4, -0.2) is 25.0 Å². The summed E-state index contributed by atoms with van der Waals surface area (Å²) in [6.45, 7) is 3.26. The first-order valence-electron chi connectivity index (χ1n) is 4.92. The van der Waals surface area contributed by atoms with E-state index in [0.29, 0.717) is 0 Å². The van der Waals surface area contributed by atoms with Crippen LogP contribution in [0.15, 0.2) is 29.7 Å². The van der Waals surface area contributed by atoms with E-state index in [1.54, 1.807) is 0 Å². The molecule has 102 valence electrons. The quantitative estimate of drug-likeness (QED) is 0.342. The smallest absolute Gasteiger partial charge is 0.293 e. The number of anilines is 1. The third-order valence-corrected chi connectivity index (χ3v) is 4.02. The lowest BCUT2D eigenvalue weighted by Crippen LogP contribution is -2.19. The maximum absolute atomic E-state index is 12.0. The fourth-order valence-corrected chi connectivity index (χ4v) is 2.94. The van der Waals surface area contributed by atoms with E-state index in [1.807, 2.05) is 0 Å². The number of rotatable bonds is 5. The van der Waals surface area contributed by atoms with Gasteiger partial charge in [-0.05, 0) is 6.07 Å². The van der Waals surface area contributed by atoms with Gasteiger partial charge in [0, 0.05) is 6.07 Å². The van der Waals surface area contributed by atoms with Crippen molar-refractivity contribution in [2.45, 2.75) is 4.90 Å². The highest BCUT2D eigenvalue weighted by atomic mass is 32.2. The normalized spacial score (nSPS) is 10.9. The third kappa shape index (κ3) is 2.71. The van der Waals surface area contributed by atoms with E-state index < -0.39 is 42.7 Å². The molecule has 0 heterocycles. The van der Waals surface area contributed by atoms with Crippen LogP contribution in [0.3, 0.4) is 0 Å². The number of primary amides is 1. The molecule has 1 amide bonds. The number of hydrogen-bond acceptors (Lipinski definition) is 6. The first-order valence-corrected chi connectivity index (χ1v) is 6.58. The second kappa shape index (κ2) is 5.06. The van der Waals surface area contributed by atoms with Crippen LogP contribution in [0.2, 0.25) is 0 Å². The van der Waals surface area contributed by atoms with Crippen molar-refractivity contribution < 1.29 is 18.1 Å². The van der Waals surface area contributed by atoms with Gasteiger partial charge in [0.1, 0.15) is 10.6 Å². The number of nitro groups is 1. The summed E-state index contributed by atoms with van der Waals surface area (Å²) in [5.74, 6) is -1.55. The Morgan fingerprint density at radius 3 is 2.47 bits per heavy atom. The van der Waals surface area contributed by atoms with Crippen LogP contribution in [0.5, 0.6) is 0 Å². The SMILES string of the molecule is C=CCS(=O)(=O)c1c(C(N)=O)ccc([N+](=O)[O-])c1N. The van der Waals surface area contributed by atoms with Crippen molar-refractivity contribution in [2.75, 3.05) is 11.5 Å². The molecule has 0 aliphatic rings. The predicted molar refractivity (Wildman–Crippen MR) is 68.3 cm³/mol. The zero-order valence-corrected chi connectivity index (χ0v) is 10.5. The molecule has 9 heteroatoms. The van der Waals surface area contributed by atoms with Gasteiger partial charge in [-0.3, -0.25) is 14.9 Å². The van der Waals surface area contributed by atoms with Gasteiger partial charge >= 0.3 is 0 Å². The van der Waals surface area contributed by atoms with Crippen molar-refractivity contribution in [3.63, 3.8) is 0 Å². The van der Waals surface area contributed by atoms with Crippen molar-refractivity contribution in [2.24, 2.45) is 5.73 Å². The van der Waals surface area contributed by atoms with E-state index in [9.17, 15) is 23.3 Å². The van der Waals surface area contributed by atoms with Crippen molar-refractivity contribution in [1.82, 2.24) is 0 Å². The summed E-state index contributed by atoms with van der Waals surface area (Å²) in [5.41, 5.74) is 8.93. The number of hydrogen-bond donors (Lipinski definition) is 2. The van der Waals surface area contributed by atoms with Gasteiger partial charge in [-0.1, -0.05) is 6.08 Å². The fraction of sp³-hybridized carbons (Fsp3) is 0.100. The maximum atomic E-state index is 12.0. The van der Waals surface area contributed by atoms with Gasteiger partial charge in [0.2, 0.25) is 5.91 Å². The van der Waals surface area contributed by atoms with E-state index in [2.05, 4.69) is 6.58 Å². The van der Waals surface area contributed by atoms with Crippen molar-refractivity contribution in [3.8, 4) is 0 Å². The highest BCUT2D eigenvalue weighted by Crippen LogP contribution is 2.32. The van der Waals surface area contributed by atoms with E-state index >= 15 is 0 Å². The Morgan fingerprint density at radius 2 is 2.05 bits per heavy atom. The summed E-state index contributed by atoms with van der Waals surface area (Å²) in [5, 5.41) is 10.7. The van der Waals surface area contributed by atoms with Crippen molar-refractivity contribution in [1.29, 1.82) is 0 Å². The molecule has 0 aromatic heterocycles. The molecule has 0 radical (unpaired) electrons. The molecule has 0 fully saturated rings. The molecule has 0 spiro atoms. The fourth-order valence-electron chi connectivity index (χ4n) is 1.52. The minimum atomic E-state index is -4.02. The summed E-state index contributed by atoms with van der Waals surface area (Å²) >= 11 is 0. The Bertz CT molecular complexity index is 666. The number of nitrogens with two attached hydrogens (primary N) is 2. The number of sulfone groups is 1. The Hall–Kier alpha value is -2.42. The average molecular weight is 285 g/mol. The molecule has 1 aromatic carbocycles. The molecule has 0 saturated heterocycles. The molecule has 1 rings (SSSR count). The lowest BCUT2D eigenvalue weighted by Gasteiger charge is -2.10. The summed E-state index contributed by atoms with van der Waals surface area (Å²) in [4.78, 5) is 20.5. The molecule has 0 unspecified atom stereocenters. The number of carbonyl (C=O) groups excluding carboxylic acids is 1. The van der Waals surface area contributed by atoms with Crippen LogP contribution in [0.4, 0.5) is 11.4 Å². The van der Waals surface area contributed by atoms with Gasteiger partial charge in [-0.2, -0.15) is 0 Å². The molecule has 0 aliphatic carbocycles. The molecule has 0 saturated carbocycles. The number of amides is 1. The highest BCUT2D eigenvalue weighted by Gasteiger charge is 2.28. The molecule has 0 bridgehead atoms. The molecule has 19 heavy (non-hydrogen) atoms. The van der Waals surface area contributed by atoms with Crippen molar-refractivity contribution in [3.05, 3.63) is 40.5 Å². The molecule has 4 N–H and O–H groups in total. The number of benzene rings is 1. The predicted octanol–water partition coefficient (Wildman–Crippen LogP) is 0.236. The topological polar surface area (TPSA) is 146 Å². The standard InChI is InChI=1S/C10H11N3O5S/c1-2-5-19(17,18)9-6(10(12)14)3-4-7(8(9)11)13(15)16/h2-4H,1,5,11H2,(H2,12,14). The number of nitrogens with zero attached hydrogens (tertiary/aromatic N) is 1. The van der Waals surface area contributed by atoms with E-state index in [-0.39, 0.29) is 5.56 Å². The second-order valence-electron chi connectivity index (χ2n) is 3.57. The van der Waals surface area contributed by atoms with Crippen LogP contribution in [-0.2, 0) is 9.84 Å². The van der Waals surface area contributed by atoms with Gasteiger partial charge in [0.15, 0.2) is 9.84 Å². The Morgan fingerprint density at radius 1 is 1.47 bits per heavy atom.